The van der Waals surface area contributed by atoms with E-state index in [-0.39, 0.29) is 5.56 Å². The summed E-state index contributed by atoms with van der Waals surface area (Å²) in [5.74, 6) is 0.795. The van der Waals surface area contributed by atoms with Gasteiger partial charge in [-0.2, -0.15) is 0 Å². The Bertz CT molecular complexity index is 604. The zero-order chi connectivity index (χ0) is 13.8. The average Bonchev–Trinajstić information content (AvgIpc) is 2.49. The van der Waals surface area contributed by atoms with E-state index in [1.165, 1.54) is 0 Å². The molecule has 0 aromatic carbocycles. The number of rotatable bonds is 3. The zero-order valence-corrected chi connectivity index (χ0v) is 11.2. The van der Waals surface area contributed by atoms with Gasteiger partial charge in [0.15, 0.2) is 0 Å². The third-order valence-electron chi connectivity index (χ3n) is 3.45. The Labute approximate surface area is 117 Å². The predicted molar refractivity (Wildman–Crippen MR) is 76.6 cm³/mol. The summed E-state index contributed by atoms with van der Waals surface area (Å²) in [5, 5.41) is 0. The molecule has 0 unspecified atom stereocenters. The molecule has 0 spiro atoms. The predicted octanol–water partition coefficient (Wildman–Crippen LogP) is 0.487. The summed E-state index contributed by atoms with van der Waals surface area (Å²) >= 11 is 0. The molecule has 6 nitrogen and oxygen atoms in total. The first-order valence-corrected chi connectivity index (χ1v) is 6.73. The lowest BCUT2D eigenvalue weighted by Gasteiger charge is -2.34. The van der Waals surface area contributed by atoms with Crippen molar-refractivity contribution in [1.82, 2.24) is 19.9 Å². The van der Waals surface area contributed by atoms with Crippen molar-refractivity contribution < 1.29 is 0 Å². The lowest BCUT2D eigenvalue weighted by Crippen LogP contribution is -2.46. The molecule has 0 aliphatic carbocycles. The molecule has 0 amide bonds. The molecule has 3 heterocycles. The molecule has 0 saturated carbocycles. The number of anilines is 1. The summed E-state index contributed by atoms with van der Waals surface area (Å²) in [7, 11) is 0. The van der Waals surface area contributed by atoms with Gasteiger partial charge >= 0.3 is 0 Å². The minimum absolute atomic E-state index is 0.0428. The van der Waals surface area contributed by atoms with Crippen LogP contribution in [-0.4, -0.2) is 46.0 Å². The molecule has 1 N–H and O–H groups in total. The second-order valence-electron chi connectivity index (χ2n) is 4.87. The summed E-state index contributed by atoms with van der Waals surface area (Å²) < 4.78 is 0. The summed E-state index contributed by atoms with van der Waals surface area (Å²) in [6, 6.07) is 5.44. The third kappa shape index (κ3) is 3.03. The second-order valence-corrected chi connectivity index (χ2v) is 4.87. The van der Waals surface area contributed by atoms with Crippen LogP contribution >= 0.6 is 0 Å². The van der Waals surface area contributed by atoms with Crippen LogP contribution in [0.3, 0.4) is 0 Å². The van der Waals surface area contributed by atoms with E-state index in [4.69, 9.17) is 0 Å². The fourth-order valence-corrected chi connectivity index (χ4v) is 2.41. The van der Waals surface area contributed by atoms with Crippen LogP contribution in [0.4, 0.5) is 5.95 Å². The molecule has 1 saturated heterocycles. The van der Waals surface area contributed by atoms with Crippen molar-refractivity contribution in [2.75, 3.05) is 31.1 Å². The number of hydrogen-bond acceptors (Lipinski definition) is 5. The Morgan fingerprint density at radius 2 is 1.90 bits per heavy atom. The molecule has 0 atom stereocenters. The molecular formula is C14H17N5O. The van der Waals surface area contributed by atoms with Crippen molar-refractivity contribution in [3.05, 3.63) is 52.7 Å². The van der Waals surface area contributed by atoms with Gasteiger partial charge in [-0.1, -0.05) is 0 Å². The standard InChI is InChI=1S/C14H17N5O/c20-13-10-12(2-5-15-13)11-18-6-8-19(9-7-18)14-16-3-1-4-17-14/h1-5,10H,6-9,11H2,(H,15,20). The molecule has 1 fully saturated rings. The molecule has 3 rings (SSSR count). The van der Waals surface area contributed by atoms with Crippen molar-refractivity contribution in [2.45, 2.75) is 6.54 Å². The number of piperazine rings is 1. The largest absolute Gasteiger partial charge is 0.338 e. The second kappa shape index (κ2) is 5.83. The normalized spacial score (nSPS) is 16.3. The molecule has 1 aliphatic rings. The van der Waals surface area contributed by atoms with Crippen LogP contribution in [0.1, 0.15) is 5.56 Å². The van der Waals surface area contributed by atoms with Crippen LogP contribution in [0.25, 0.3) is 0 Å². The fourth-order valence-electron chi connectivity index (χ4n) is 2.41. The molecular weight excluding hydrogens is 254 g/mol. The van der Waals surface area contributed by atoms with Crippen molar-refractivity contribution in [1.29, 1.82) is 0 Å². The third-order valence-corrected chi connectivity index (χ3v) is 3.45. The number of nitrogens with one attached hydrogen (secondary N) is 1. The fraction of sp³-hybridized carbons (Fsp3) is 0.357. The number of pyridine rings is 1. The number of aromatic nitrogens is 3. The highest BCUT2D eigenvalue weighted by Gasteiger charge is 2.18. The maximum Gasteiger partial charge on any atom is 0.248 e. The van der Waals surface area contributed by atoms with Crippen molar-refractivity contribution >= 4 is 5.95 Å². The Balaban J connectivity index is 1.58. The first-order chi connectivity index (χ1) is 9.81. The Hall–Kier alpha value is -2.21. The van der Waals surface area contributed by atoms with Gasteiger partial charge in [0.25, 0.3) is 0 Å². The van der Waals surface area contributed by atoms with E-state index in [0.29, 0.717) is 0 Å². The number of nitrogens with zero attached hydrogens (tertiary/aromatic N) is 4. The number of hydrogen-bond donors (Lipinski definition) is 1. The van der Waals surface area contributed by atoms with Crippen LogP contribution in [-0.2, 0) is 6.54 Å². The van der Waals surface area contributed by atoms with Gasteiger partial charge in [0.05, 0.1) is 0 Å². The van der Waals surface area contributed by atoms with Crippen molar-refractivity contribution in [3.63, 3.8) is 0 Å². The van der Waals surface area contributed by atoms with E-state index in [2.05, 4.69) is 24.8 Å². The van der Waals surface area contributed by atoms with Gasteiger partial charge in [-0.15, -0.1) is 0 Å². The Kier molecular flexibility index (Phi) is 3.73. The highest BCUT2D eigenvalue weighted by Crippen LogP contribution is 2.11. The first kappa shape index (κ1) is 12.8. The van der Waals surface area contributed by atoms with Crippen LogP contribution in [0.5, 0.6) is 0 Å². The van der Waals surface area contributed by atoms with Gasteiger partial charge in [0, 0.05) is 57.4 Å². The van der Waals surface area contributed by atoms with Gasteiger partial charge < -0.3 is 9.88 Å². The van der Waals surface area contributed by atoms with Crippen LogP contribution in [0, 0.1) is 0 Å². The Morgan fingerprint density at radius 3 is 2.60 bits per heavy atom. The summed E-state index contributed by atoms with van der Waals surface area (Å²) in [4.78, 5) is 27.0. The van der Waals surface area contributed by atoms with E-state index in [9.17, 15) is 4.79 Å². The summed E-state index contributed by atoms with van der Waals surface area (Å²) in [5.41, 5.74) is 1.01. The van der Waals surface area contributed by atoms with Crippen LogP contribution in [0.15, 0.2) is 41.6 Å². The smallest absolute Gasteiger partial charge is 0.248 e. The van der Waals surface area contributed by atoms with E-state index < -0.39 is 0 Å². The minimum Gasteiger partial charge on any atom is -0.338 e. The lowest BCUT2D eigenvalue weighted by atomic mass is 10.2. The van der Waals surface area contributed by atoms with E-state index >= 15 is 0 Å². The first-order valence-electron chi connectivity index (χ1n) is 6.73. The summed E-state index contributed by atoms with van der Waals surface area (Å²) in [6.07, 6.45) is 5.24. The molecule has 6 heteroatoms. The molecule has 20 heavy (non-hydrogen) atoms. The van der Waals surface area contributed by atoms with Gasteiger partial charge in [0.1, 0.15) is 0 Å². The topological polar surface area (TPSA) is 65.1 Å². The molecule has 2 aromatic rings. The SMILES string of the molecule is O=c1cc(CN2CCN(c3ncccn3)CC2)cc[nH]1. The van der Waals surface area contributed by atoms with Crippen LogP contribution in [0.2, 0.25) is 0 Å². The van der Waals surface area contributed by atoms with Gasteiger partial charge in [0.2, 0.25) is 11.5 Å². The van der Waals surface area contributed by atoms with Gasteiger partial charge in [-0.3, -0.25) is 9.69 Å². The van der Waals surface area contributed by atoms with Crippen molar-refractivity contribution in [2.24, 2.45) is 0 Å². The van der Waals surface area contributed by atoms with Gasteiger partial charge in [-0.05, 0) is 17.7 Å². The molecule has 0 bridgehead atoms. The minimum atomic E-state index is -0.0428. The van der Waals surface area contributed by atoms with Gasteiger partial charge in [-0.25, -0.2) is 9.97 Å². The Morgan fingerprint density at radius 1 is 1.15 bits per heavy atom. The highest BCUT2D eigenvalue weighted by molar-refractivity contribution is 5.29. The molecule has 1 aliphatic heterocycles. The quantitative estimate of drug-likeness (QED) is 0.880. The maximum atomic E-state index is 11.3. The van der Waals surface area contributed by atoms with E-state index in [0.717, 1.165) is 44.2 Å². The molecule has 104 valence electrons. The average molecular weight is 271 g/mol. The van der Waals surface area contributed by atoms with E-state index in [1.54, 1.807) is 24.7 Å². The highest BCUT2D eigenvalue weighted by atomic mass is 16.1. The van der Waals surface area contributed by atoms with Crippen LogP contribution < -0.4 is 10.5 Å². The molecule has 2 aromatic heterocycles. The summed E-state index contributed by atoms with van der Waals surface area (Å²) in [6.45, 7) is 4.53. The monoisotopic (exact) mass is 271 g/mol. The van der Waals surface area contributed by atoms with Crippen molar-refractivity contribution in [3.8, 4) is 0 Å². The molecule has 0 radical (unpaired) electrons. The number of aromatic amines is 1. The lowest BCUT2D eigenvalue weighted by molar-refractivity contribution is 0.248. The number of H-pyrrole nitrogens is 1. The van der Waals surface area contributed by atoms with E-state index in [1.807, 2.05) is 12.1 Å². The maximum absolute atomic E-state index is 11.3. The zero-order valence-electron chi connectivity index (χ0n) is 11.2.